The van der Waals surface area contributed by atoms with Crippen molar-refractivity contribution in [1.29, 1.82) is 0 Å². The van der Waals surface area contributed by atoms with Crippen LogP contribution in [-0.2, 0) is 6.54 Å². The van der Waals surface area contributed by atoms with Crippen LogP contribution in [0.5, 0.6) is 5.75 Å². The molecule has 0 saturated carbocycles. The Kier molecular flexibility index (Phi) is 5.22. The maximum atomic E-state index is 12.1. The average molecular weight is 248 g/mol. The zero-order valence-corrected chi connectivity index (χ0v) is 9.31. The van der Waals surface area contributed by atoms with E-state index in [-0.39, 0.29) is 5.75 Å². The van der Waals surface area contributed by atoms with Crippen LogP contribution in [0.3, 0.4) is 0 Å². The lowest BCUT2D eigenvalue weighted by molar-refractivity contribution is -0.0504. The summed E-state index contributed by atoms with van der Waals surface area (Å²) in [5.74, 6) is 0.171. The van der Waals surface area contributed by atoms with Crippen molar-refractivity contribution in [3.63, 3.8) is 0 Å². The third kappa shape index (κ3) is 4.59. The molecule has 0 atom stereocenters. The van der Waals surface area contributed by atoms with Crippen molar-refractivity contribution in [3.8, 4) is 5.75 Å². The predicted octanol–water partition coefficient (Wildman–Crippen LogP) is 3.13. The molecule has 0 aliphatic carbocycles. The Morgan fingerprint density at radius 2 is 2.12 bits per heavy atom. The summed E-state index contributed by atoms with van der Waals surface area (Å²) in [5, 5.41) is 3.42. The molecule has 0 spiro atoms. The van der Waals surface area contributed by atoms with Crippen LogP contribution in [0.25, 0.3) is 0 Å². The Labute approximate surface area is 97.9 Å². The van der Waals surface area contributed by atoms with E-state index in [0.717, 1.165) is 0 Å². The number of halogens is 3. The second kappa shape index (κ2) is 6.45. The van der Waals surface area contributed by atoms with E-state index < -0.39 is 6.61 Å². The molecule has 0 bridgehead atoms. The van der Waals surface area contributed by atoms with Crippen molar-refractivity contribution in [2.24, 2.45) is 0 Å². The van der Waals surface area contributed by atoms with Gasteiger partial charge in [0.15, 0.2) is 0 Å². The van der Waals surface area contributed by atoms with Crippen LogP contribution in [0.15, 0.2) is 35.9 Å². The first-order valence-corrected chi connectivity index (χ1v) is 5.04. The Balaban J connectivity index is 2.60. The quantitative estimate of drug-likeness (QED) is 0.834. The van der Waals surface area contributed by atoms with E-state index >= 15 is 0 Å². The minimum Gasteiger partial charge on any atom is -0.434 e. The molecule has 0 fully saturated rings. The van der Waals surface area contributed by atoms with E-state index in [1.807, 2.05) is 0 Å². The molecule has 0 aromatic heterocycles. The topological polar surface area (TPSA) is 21.3 Å². The molecule has 0 unspecified atom stereocenters. The van der Waals surface area contributed by atoms with Crippen LogP contribution in [-0.4, -0.2) is 13.2 Å². The SMILES string of the molecule is C=C(Cl)CNCc1ccccc1OC(F)F. The van der Waals surface area contributed by atoms with E-state index in [9.17, 15) is 8.78 Å². The van der Waals surface area contributed by atoms with Crippen LogP contribution in [0.2, 0.25) is 0 Å². The summed E-state index contributed by atoms with van der Waals surface area (Å²) in [4.78, 5) is 0. The second-order valence-corrected chi connectivity index (χ2v) is 3.64. The van der Waals surface area contributed by atoms with Gasteiger partial charge in [-0.05, 0) is 6.07 Å². The zero-order valence-electron chi connectivity index (χ0n) is 8.55. The summed E-state index contributed by atoms with van der Waals surface area (Å²) in [5.41, 5.74) is 0.653. The van der Waals surface area contributed by atoms with Crippen molar-refractivity contribution in [3.05, 3.63) is 41.4 Å². The maximum absolute atomic E-state index is 12.1. The average Bonchev–Trinajstić information content (AvgIpc) is 2.19. The minimum absolute atomic E-state index is 0.171. The fourth-order valence-corrected chi connectivity index (χ4v) is 1.29. The zero-order chi connectivity index (χ0) is 12.0. The van der Waals surface area contributed by atoms with Crippen molar-refractivity contribution >= 4 is 11.6 Å². The van der Waals surface area contributed by atoms with Crippen LogP contribution < -0.4 is 10.1 Å². The minimum atomic E-state index is -2.82. The number of hydrogen-bond acceptors (Lipinski definition) is 2. The van der Waals surface area contributed by atoms with Gasteiger partial charge in [0.25, 0.3) is 0 Å². The lowest BCUT2D eigenvalue weighted by Gasteiger charge is -2.10. The smallest absolute Gasteiger partial charge is 0.387 e. The highest BCUT2D eigenvalue weighted by atomic mass is 35.5. The van der Waals surface area contributed by atoms with Gasteiger partial charge in [0.2, 0.25) is 0 Å². The van der Waals surface area contributed by atoms with Crippen molar-refractivity contribution < 1.29 is 13.5 Å². The molecule has 2 nitrogen and oxygen atoms in total. The molecule has 88 valence electrons. The number of para-hydroxylation sites is 1. The largest absolute Gasteiger partial charge is 0.434 e. The highest BCUT2D eigenvalue weighted by molar-refractivity contribution is 6.29. The van der Waals surface area contributed by atoms with Gasteiger partial charge in [0, 0.05) is 23.7 Å². The van der Waals surface area contributed by atoms with Gasteiger partial charge in [0.1, 0.15) is 5.75 Å². The Bertz CT molecular complexity index is 358. The molecule has 0 radical (unpaired) electrons. The number of alkyl halides is 2. The first-order chi connectivity index (χ1) is 7.59. The summed E-state index contributed by atoms with van der Waals surface area (Å²) < 4.78 is 28.5. The molecule has 0 amide bonds. The molecule has 1 rings (SSSR count). The molecular weight excluding hydrogens is 236 g/mol. The predicted molar refractivity (Wildman–Crippen MR) is 59.8 cm³/mol. The van der Waals surface area contributed by atoms with Crippen LogP contribution in [0.1, 0.15) is 5.56 Å². The summed E-state index contributed by atoms with van der Waals surface area (Å²) in [7, 11) is 0. The number of rotatable bonds is 6. The Morgan fingerprint density at radius 1 is 1.44 bits per heavy atom. The molecule has 5 heteroatoms. The van der Waals surface area contributed by atoms with Crippen LogP contribution in [0.4, 0.5) is 8.78 Å². The summed E-state index contributed by atoms with van der Waals surface area (Å²) in [6.45, 7) is 1.51. The number of hydrogen-bond donors (Lipinski definition) is 1. The first-order valence-electron chi connectivity index (χ1n) is 4.66. The van der Waals surface area contributed by atoms with E-state index in [0.29, 0.717) is 23.7 Å². The standard InChI is InChI=1S/C11H12ClF2NO/c1-8(12)6-15-7-9-4-2-3-5-10(9)16-11(13)14/h2-5,11,15H,1,6-7H2. The molecule has 0 heterocycles. The van der Waals surface area contributed by atoms with Gasteiger partial charge in [0.05, 0.1) is 0 Å². The van der Waals surface area contributed by atoms with Gasteiger partial charge < -0.3 is 10.1 Å². The van der Waals surface area contributed by atoms with Crippen molar-refractivity contribution in [1.82, 2.24) is 5.32 Å². The second-order valence-electron chi connectivity index (χ2n) is 3.11. The monoisotopic (exact) mass is 247 g/mol. The molecule has 1 aromatic rings. The van der Waals surface area contributed by atoms with Crippen LogP contribution >= 0.6 is 11.6 Å². The third-order valence-electron chi connectivity index (χ3n) is 1.82. The molecule has 1 aromatic carbocycles. The maximum Gasteiger partial charge on any atom is 0.387 e. The van der Waals surface area contributed by atoms with Crippen molar-refractivity contribution in [2.45, 2.75) is 13.2 Å². The fourth-order valence-electron chi connectivity index (χ4n) is 1.19. The Morgan fingerprint density at radius 3 is 2.75 bits per heavy atom. The lowest BCUT2D eigenvalue weighted by atomic mass is 10.2. The highest BCUT2D eigenvalue weighted by Crippen LogP contribution is 2.19. The van der Waals surface area contributed by atoms with Gasteiger partial charge in [-0.15, -0.1) is 0 Å². The van der Waals surface area contributed by atoms with Crippen LogP contribution in [0, 0.1) is 0 Å². The number of nitrogens with one attached hydrogen (secondary N) is 1. The van der Waals surface area contributed by atoms with Crippen molar-refractivity contribution in [2.75, 3.05) is 6.54 Å². The molecule has 0 aliphatic heterocycles. The normalized spacial score (nSPS) is 10.5. The fraction of sp³-hybridized carbons (Fsp3) is 0.273. The van der Waals surface area contributed by atoms with Gasteiger partial charge >= 0.3 is 6.61 Å². The van der Waals surface area contributed by atoms with Gasteiger partial charge in [-0.3, -0.25) is 0 Å². The van der Waals surface area contributed by atoms with E-state index in [1.165, 1.54) is 6.07 Å². The molecule has 0 aliphatic rings. The number of benzene rings is 1. The summed E-state index contributed by atoms with van der Waals surface area (Å²) >= 11 is 5.56. The van der Waals surface area contributed by atoms with E-state index in [1.54, 1.807) is 18.2 Å². The first kappa shape index (κ1) is 12.9. The summed E-state index contributed by atoms with van der Waals surface area (Å²) in [6, 6.07) is 6.60. The van der Waals surface area contributed by atoms with E-state index in [4.69, 9.17) is 11.6 Å². The number of ether oxygens (including phenoxy) is 1. The van der Waals surface area contributed by atoms with Gasteiger partial charge in [-0.25, -0.2) is 0 Å². The van der Waals surface area contributed by atoms with E-state index in [2.05, 4.69) is 16.6 Å². The summed E-state index contributed by atoms with van der Waals surface area (Å²) in [6.07, 6.45) is 0. The third-order valence-corrected chi connectivity index (χ3v) is 1.95. The lowest BCUT2D eigenvalue weighted by Crippen LogP contribution is -2.16. The van der Waals surface area contributed by atoms with Gasteiger partial charge in [-0.2, -0.15) is 8.78 Å². The highest BCUT2D eigenvalue weighted by Gasteiger charge is 2.08. The molecule has 0 saturated heterocycles. The van der Waals surface area contributed by atoms with Gasteiger partial charge in [-0.1, -0.05) is 36.4 Å². The molecule has 1 N–H and O–H groups in total. The Hall–Kier alpha value is -1.13. The molecular formula is C11H12ClF2NO. The molecule has 16 heavy (non-hydrogen) atoms.